The molecule has 0 fully saturated rings. The molecular formula is C9H8F4O2. The van der Waals surface area contributed by atoms with Gasteiger partial charge in [-0.1, -0.05) is 18.2 Å². The number of alkyl halides is 3. The molecule has 0 aromatic heterocycles. The van der Waals surface area contributed by atoms with Gasteiger partial charge in [-0.3, -0.25) is 4.74 Å². The number of aliphatic hydroxyl groups is 1. The average Bonchev–Trinajstić information content (AvgIpc) is 2.14. The number of hydrogen-bond acceptors (Lipinski definition) is 2. The molecule has 1 rings (SSSR count). The normalized spacial score (nSPS) is 13.9. The lowest BCUT2D eigenvalue weighted by Crippen LogP contribution is -2.19. The van der Waals surface area contributed by atoms with Crippen molar-refractivity contribution in [3.63, 3.8) is 0 Å². The van der Waals surface area contributed by atoms with Crippen LogP contribution in [0.15, 0.2) is 24.3 Å². The summed E-state index contributed by atoms with van der Waals surface area (Å²) in [6.45, 7) is -1.02. The maximum atomic E-state index is 13.0. The van der Waals surface area contributed by atoms with Gasteiger partial charge < -0.3 is 5.11 Å². The Morgan fingerprint density at radius 1 is 1.27 bits per heavy atom. The summed E-state index contributed by atoms with van der Waals surface area (Å²) >= 11 is 0. The van der Waals surface area contributed by atoms with Crippen molar-refractivity contribution in [2.45, 2.75) is 12.5 Å². The molecule has 1 aromatic carbocycles. The Morgan fingerprint density at radius 2 is 1.87 bits per heavy atom. The van der Waals surface area contributed by atoms with Crippen molar-refractivity contribution in [2.24, 2.45) is 0 Å². The van der Waals surface area contributed by atoms with Gasteiger partial charge in [-0.2, -0.15) is 0 Å². The standard InChI is InChI=1S/C9H8F4O2/c10-7-4-2-1-3-6(7)8(14)5-15-9(11,12)13/h1-4,8,14H,5H2/t8-/m1/s1. The number of aliphatic hydroxyl groups excluding tert-OH is 1. The van der Waals surface area contributed by atoms with E-state index in [0.29, 0.717) is 0 Å². The summed E-state index contributed by atoms with van der Waals surface area (Å²) in [5, 5.41) is 9.20. The van der Waals surface area contributed by atoms with Crippen LogP contribution in [0, 0.1) is 5.82 Å². The average molecular weight is 224 g/mol. The van der Waals surface area contributed by atoms with Crippen LogP contribution in [0.4, 0.5) is 17.6 Å². The minimum Gasteiger partial charge on any atom is -0.386 e. The highest BCUT2D eigenvalue weighted by Gasteiger charge is 2.30. The third-order valence-electron chi connectivity index (χ3n) is 1.67. The van der Waals surface area contributed by atoms with E-state index in [1.165, 1.54) is 18.2 Å². The summed E-state index contributed by atoms with van der Waals surface area (Å²) in [4.78, 5) is 0. The molecule has 0 aliphatic carbocycles. The topological polar surface area (TPSA) is 29.5 Å². The molecule has 0 unspecified atom stereocenters. The molecule has 84 valence electrons. The Bertz CT molecular complexity index is 324. The molecule has 0 amide bonds. The van der Waals surface area contributed by atoms with Gasteiger partial charge in [0.05, 0.1) is 6.61 Å². The van der Waals surface area contributed by atoms with Crippen molar-refractivity contribution in [1.82, 2.24) is 0 Å². The van der Waals surface area contributed by atoms with E-state index in [9.17, 15) is 22.7 Å². The van der Waals surface area contributed by atoms with E-state index in [4.69, 9.17) is 0 Å². The fourth-order valence-corrected chi connectivity index (χ4v) is 1.01. The molecule has 0 heterocycles. The van der Waals surface area contributed by atoms with E-state index in [-0.39, 0.29) is 5.56 Å². The predicted molar refractivity (Wildman–Crippen MR) is 43.4 cm³/mol. The zero-order valence-corrected chi connectivity index (χ0v) is 7.46. The molecule has 2 nitrogen and oxygen atoms in total. The van der Waals surface area contributed by atoms with Crippen molar-refractivity contribution in [1.29, 1.82) is 0 Å². The smallest absolute Gasteiger partial charge is 0.386 e. The van der Waals surface area contributed by atoms with E-state index in [0.717, 1.165) is 6.07 Å². The maximum absolute atomic E-state index is 13.0. The van der Waals surface area contributed by atoms with Crippen molar-refractivity contribution in [3.8, 4) is 0 Å². The van der Waals surface area contributed by atoms with Crippen LogP contribution in [0.25, 0.3) is 0 Å². The molecule has 0 aliphatic heterocycles. The summed E-state index contributed by atoms with van der Waals surface area (Å²) in [6, 6.07) is 5.03. The van der Waals surface area contributed by atoms with Crippen LogP contribution in [0.1, 0.15) is 11.7 Å². The lowest BCUT2D eigenvalue weighted by Gasteiger charge is -2.13. The van der Waals surface area contributed by atoms with Crippen molar-refractivity contribution >= 4 is 0 Å². The van der Waals surface area contributed by atoms with Gasteiger partial charge >= 0.3 is 6.36 Å². The van der Waals surface area contributed by atoms with E-state index < -0.39 is 24.9 Å². The zero-order valence-electron chi connectivity index (χ0n) is 7.46. The van der Waals surface area contributed by atoms with Gasteiger partial charge in [-0.05, 0) is 6.07 Å². The molecule has 1 N–H and O–H groups in total. The zero-order chi connectivity index (χ0) is 11.5. The largest absolute Gasteiger partial charge is 0.522 e. The fourth-order valence-electron chi connectivity index (χ4n) is 1.01. The Hall–Kier alpha value is -1.14. The van der Waals surface area contributed by atoms with Gasteiger partial charge in [0, 0.05) is 5.56 Å². The van der Waals surface area contributed by atoms with E-state index in [2.05, 4.69) is 4.74 Å². The van der Waals surface area contributed by atoms with Gasteiger partial charge in [-0.15, -0.1) is 13.2 Å². The van der Waals surface area contributed by atoms with Gasteiger partial charge in [0.2, 0.25) is 0 Å². The lowest BCUT2D eigenvalue weighted by molar-refractivity contribution is -0.331. The number of ether oxygens (including phenoxy) is 1. The first-order chi connectivity index (χ1) is 6.90. The van der Waals surface area contributed by atoms with Crippen molar-refractivity contribution in [2.75, 3.05) is 6.61 Å². The van der Waals surface area contributed by atoms with E-state index in [1.807, 2.05) is 0 Å². The summed E-state index contributed by atoms with van der Waals surface area (Å²) < 4.78 is 51.2. The minimum absolute atomic E-state index is 0.221. The van der Waals surface area contributed by atoms with E-state index in [1.54, 1.807) is 0 Å². The van der Waals surface area contributed by atoms with Gasteiger partial charge in [-0.25, -0.2) is 4.39 Å². The monoisotopic (exact) mass is 224 g/mol. The summed E-state index contributed by atoms with van der Waals surface area (Å²) in [5.41, 5.74) is -0.221. The number of halogens is 4. The summed E-state index contributed by atoms with van der Waals surface area (Å²) in [6.07, 6.45) is -6.46. The molecule has 0 spiro atoms. The van der Waals surface area contributed by atoms with Gasteiger partial charge in [0.25, 0.3) is 0 Å². The van der Waals surface area contributed by atoms with Crippen molar-refractivity contribution < 1.29 is 27.4 Å². The molecule has 15 heavy (non-hydrogen) atoms. The Balaban J connectivity index is 2.62. The van der Waals surface area contributed by atoms with Crippen LogP contribution < -0.4 is 0 Å². The molecule has 0 radical (unpaired) electrons. The fraction of sp³-hybridized carbons (Fsp3) is 0.333. The Labute approximate surface area is 83.1 Å². The second-order valence-electron chi connectivity index (χ2n) is 2.79. The van der Waals surface area contributed by atoms with Crippen LogP contribution in [0.2, 0.25) is 0 Å². The molecule has 0 saturated heterocycles. The summed E-state index contributed by atoms with van der Waals surface area (Å²) in [7, 11) is 0. The van der Waals surface area contributed by atoms with E-state index >= 15 is 0 Å². The molecule has 0 bridgehead atoms. The molecule has 0 aliphatic rings. The maximum Gasteiger partial charge on any atom is 0.522 e. The molecule has 1 aromatic rings. The SMILES string of the molecule is O[C@H](COC(F)(F)F)c1ccccc1F. The number of hydrogen-bond donors (Lipinski definition) is 1. The third kappa shape index (κ3) is 3.85. The Kier molecular flexibility index (Phi) is 3.65. The third-order valence-corrected chi connectivity index (χ3v) is 1.67. The minimum atomic E-state index is -4.83. The first kappa shape index (κ1) is 11.9. The number of rotatable bonds is 3. The second-order valence-corrected chi connectivity index (χ2v) is 2.79. The van der Waals surface area contributed by atoms with Gasteiger partial charge in [0.15, 0.2) is 0 Å². The van der Waals surface area contributed by atoms with Crippen LogP contribution in [-0.2, 0) is 4.74 Å². The highest BCUT2D eigenvalue weighted by atomic mass is 19.4. The second kappa shape index (κ2) is 4.59. The van der Waals surface area contributed by atoms with Crippen molar-refractivity contribution in [3.05, 3.63) is 35.6 Å². The first-order valence-corrected chi connectivity index (χ1v) is 4.03. The quantitative estimate of drug-likeness (QED) is 0.799. The molecule has 0 saturated carbocycles. The predicted octanol–water partition coefficient (Wildman–Crippen LogP) is 2.40. The molecule has 1 atom stereocenters. The highest BCUT2D eigenvalue weighted by Crippen LogP contribution is 2.22. The lowest BCUT2D eigenvalue weighted by atomic mass is 10.1. The van der Waals surface area contributed by atoms with Crippen LogP contribution in [0.3, 0.4) is 0 Å². The summed E-state index contributed by atoms with van der Waals surface area (Å²) in [5.74, 6) is -0.768. The van der Waals surface area contributed by atoms with Crippen LogP contribution in [0.5, 0.6) is 0 Å². The first-order valence-electron chi connectivity index (χ1n) is 4.03. The molecule has 6 heteroatoms. The number of benzene rings is 1. The van der Waals surface area contributed by atoms with Crippen LogP contribution in [-0.4, -0.2) is 18.1 Å². The molecular weight excluding hydrogens is 216 g/mol. The van der Waals surface area contributed by atoms with Gasteiger partial charge in [0.1, 0.15) is 11.9 Å². The Morgan fingerprint density at radius 3 is 2.40 bits per heavy atom. The van der Waals surface area contributed by atoms with Crippen LogP contribution >= 0.6 is 0 Å². The highest BCUT2D eigenvalue weighted by molar-refractivity contribution is 5.19.